The van der Waals surface area contributed by atoms with E-state index in [0.29, 0.717) is 16.4 Å². The molecule has 1 aliphatic heterocycles. The molecule has 2 N–H and O–H groups in total. The highest BCUT2D eigenvalue weighted by Crippen LogP contribution is 2.34. The molecular weight excluding hydrogens is 396 g/mol. The molecule has 8 heteroatoms. The maximum absolute atomic E-state index is 12.6. The number of thiazole rings is 1. The van der Waals surface area contributed by atoms with E-state index in [0.717, 1.165) is 19.6 Å². The summed E-state index contributed by atoms with van der Waals surface area (Å²) in [6, 6.07) is 9.66. The summed E-state index contributed by atoms with van der Waals surface area (Å²) in [5.74, 6) is -0.258. The van der Waals surface area contributed by atoms with E-state index in [1.165, 1.54) is 33.9 Å². The summed E-state index contributed by atoms with van der Waals surface area (Å²) in [7, 11) is 0. The van der Waals surface area contributed by atoms with Gasteiger partial charge in [-0.3, -0.25) is 4.79 Å². The molecule has 2 aromatic heterocycles. The number of aromatic nitrogens is 1. The highest BCUT2D eigenvalue weighted by Gasteiger charge is 2.34. The van der Waals surface area contributed by atoms with Crippen molar-refractivity contribution in [2.24, 2.45) is 10.8 Å². The molecule has 0 fully saturated rings. The number of rotatable bonds is 2. The zero-order valence-corrected chi connectivity index (χ0v) is 14.8. The van der Waals surface area contributed by atoms with Gasteiger partial charge < -0.3 is 5.73 Å². The number of benzene rings is 1. The van der Waals surface area contributed by atoms with Crippen molar-refractivity contribution in [3.8, 4) is 0 Å². The summed E-state index contributed by atoms with van der Waals surface area (Å²) in [4.78, 5) is 18.0. The van der Waals surface area contributed by atoms with E-state index >= 15 is 0 Å². The predicted octanol–water partition coefficient (Wildman–Crippen LogP) is 3.71. The number of halogens is 1. The molecule has 5 nitrogen and oxygen atoms in total. The lowest BCUT2D eigenvalue weighted by Crippen LogP contribution is -2.21. The normalized spacial score (nSPS) is 16.6. The molecule has 0 unspecified atom stereocenters. The summed E-state index contributed by atoms with van der Waals surface area (Å²) in [6.07, 6.45) is 1.31. The fourth-order valence-corrected chi connectivity index (χ4v) is 4.61. The van der Waals surface area contributed by atoms with Crippen molar-refractivity contribution in [1.29, 1.82) is 0 Å². The van der Waals surface area contributed by atoms with Crippen molar-refractivity contribution in [2.75, 3.05) is 5.01 Å². The van der Waals surface area contributed by atoms with Crippen LogP contribution in [0.5, 0.6) is 0 Å². The minimum Gasteiger partial charge on any atom is -0.404 e. The molecule has 23 heavy (non-hydrogen) atoms. The van der Waals surface area contributed by atoms with Crippen LogP contribution in [0.1, 0.15) is 4.88 Å². The van der Waals surface area contributed by atoms with Crippen molar-refractivity contribution in [2.45, 2.75) is 0 Å². The lowest BCUT2D eigenvalue weighted by molar-refractivity contribution is -0.114. The van der Waals surface area contributed by atoms with E-state index in [-0.39, 0.29) is 5.91 Å². The van der Waals surface area contributed by atoms with Gasteiger partial charge in [0.15, 0.2) is 0 Å². The van der Waals surface area contributed by atoms with Gasteiger partial charge in [0, 0.05) is 16.1 Å². The van der Waals surface area contributed by atoms with Crippen LogP contribution in [-0.4, -0.2) is 16.6 Å². The monoisotopic (exact) mass is 404 g/mol. The van der Waals surface area contributed by atoms with E-state index in [1.807, 2.05) is 35.7 Å². The van der Waals surface area contributed by atoms with Gasteiger partial charge in [0.1, 0.15) is 5.71 Å². The number of thiophene rings is 1. The predicted molar refractivity (Wildman–Crippen MR) is 97.9 cm³/mol. The maximum atomic E-state index is 12.6. The van der Waals surface area contributed by atoms with Gasteiger partial charge in [0.2, 0.25) is 5.13 Å². The SMILES string of the molecule is N/C=C1/C(=O)N(c2nc3ccccc3s2)N=C1c1cc(Br)cs1. The second kappa shape index (κ2) is 5.55. The van der Waals surface area contributed by atoms with Crippen molar-refractivity contribution >= 4 is 65.6 Å². The fraction of sp³-hybridized carbons (Fsp3) is 0. The average Bonchev–Trinajstić information content (AvgIpc) is 3.23. The standard InChI is InChI=1S/C15H9BrN4OS2/c16-8-5-12(22-7-8)13-9(6-17)14(21)20(19-13)15-18-10-3-1-2-4-11(10)23-15/h1-7H,17H2/b9-6+. The van der Waals surface area contributed by atoms with Crippen molar-refractivity contribution in [1.82, 2.24) is 4.98 Å². The summed E-state index contributed by atoms with van der Waals surface area (Å²) >= 11 is 6.34. The van der Waals surface area contributed by atoms with Gasteiger partial charge in [-0.1, -0.05) is 23.5 Å². The van der Waals surface area contributed by atoms with Crippen LogP contribution >= 0.6 is 38.6 Å². The van der Waals surface area contributed by atoms with Gasteiger partial charge >= 0.3 is 0 Å². The van der Waals surface area contributed by atoms with Gasteiger partial charge in [-0.25, -0.2) is 4.98 Å². The number of fused-ring (bicyclic) bond motifs is 1. The first-order valence-electron chi connectivity index (χ1n) is 6.62. The molecule has 0 atom stereocenters. The quantitative estimate of drug-likeness (QED) is 0.661. The number of para-hydroxylation sites is 1. The molecule has 114 valence electrons. The Morgan fingerprint density at radius 1 is 1.30 bits per heavy atom. The molecular formula is C15H9BrN4OS2. The summed E-state index contributed by atoms with van der Waals surface area (Å²) in [6.45, 7) is 0. The number of nitrogens with two attached hydrogens (primary N) is 1. The van der Waals surface area contributed by atoms with Gasteiger partial charge in [0.05, 0.1) is 20.7 Å². The zero-order chi connectivity index (χ0) is 16.0. The van der Waals surface area contributed by atoms with Crippen molar-refractivity contribution < 1.29 is 4.79 Å². The minimum absolute atomic E-state index is 0.258. The number of carbonyl (C=O) groups excluding carboxylic acids is 1. The molecule has 4 rings (SSSR count). The third-order valence-corrected chi connectivity index (χ3v) is 6.02. The number of nitrogens with zero attached hydrogens (tertiary/aromatic N) is 3. The zero-order valence-electron chi connectivity index (χ0n) is 11.6. The number of hydrogen-bond donors (Lipinski definition) is 1. The Kier molecular flexibility index (Phi) is 3.51. The van der Waals surface area contributed by atoms with Crippen LogP contribution in [0.2, 0.25) is 0 Å². The van der Waals surface area contributed by atoms with E-state index in [4.69, 9.17) is 5.73 Å². The lowest BCUT2D eigenvalue weighted by Gasteiger charge is -2.05. The molecule has 0 radical (unpaired) electrons. The Bertz CT molecular complexity index is 955. The van der Waals surface area contributed by atoms with Crippen LogP contribution in [0.3, 0.4) is 0 Å². The molecule has 0 saturated heterocycles. The Balaban J connectivity index is 1.82. The van der Waals surface area contributed by atoms with Gasteiger partial charge in [-0.15, -0.1) is 11.3 Å². The molecule has 0 bridgehead atoms. The van der Waals surface area contributed by atoms with Crippen LogP contribution < -0.4 is 10.7 Å². The van der Waals surface area contributed by atoms with Gasteiger partial charge in [-0.2, -0.15) is 10.1 Å². The molecule has 0 saturated carbocycles. The molecule has 0 spiro atoms. The number of carbonyl (C=O) groups is 1. The first-order chi connectivity index (χ1) is 11.2. The topological polar surface area (TPSA) is 71.6 Å². The molecule has 3 aromatic rings. The first-order valence-corrected chi connectivity index (χ1v) is 9.11. The smallest absolute Gasteiger partial charge is 0.284 e. The number of hydrogen-bond acceptors (Lipinski definition) is 6. The highest BCUT2D eigenvalue weighted by molar-refractivity contribution is 9.10. The van der Waals surface area contributed by atoms with E-state index in [9.17, 15) is 4.79 Å². The van der Waals surface area contributed by atoms with E-state index in [2.05, 4.69) is 26.0 Å². The van der Waals surface area contributed by atoms with Crippen LogP contribution in [0.4, 0.5) is 5.13 Å². The molecule has 3 heterocycles. The van der Waals surface area contributed by atoms with Crippen LogP contribution in [-0.2, 0) is 4.79 Å². The molecule has 0 aliphatic carbocycles. The molecule has 1 amide bonds. The number of anilines is 1. The molecule has 1 aliphatic rings. The van der Waals surface area contributed by atoms with Crippen molar-refractivity contribution in [3.05, 3.63) is 56.8 Å². The summed E-state index contributed by atoms with van der Waals surface area (Å²) in [5.41, 5.74) is 7.47. The Morgan fingerprint density at radius 2 is 2.13 bits per heavy atom. The van der Waals surface area contributed by atoms with E-state index in [1.54, 1.807) is 0 Å². The lowest BCUT2D eigenvalue weighted by atomic mass is 10.1. The Hall–Kier alpha value is -2.03. The summed E-state index contributed by atoms with van der Waals surface area (Å²) in [5, 5.41) is 8.27. The van der Waals surface area contributed by atoms with Gasteiger partial charge in [-0.05, 0) is 34.1 Å². The van der Waals surface area contributed by atoms with Crippen LogP contribution in [0.25, 0.3) is 10.2 Å². The average molecular weight is 405 g/mol. The number of amides is 1. The fourth-order valence-electron chi connectivity index (χ4n) is 2.26. The largest absolute Gasteiger partial charge is 0.404 e. The van der Waals surface area contributed by atoms with Crippen LogP contribution in [0, 0.1) is 0 Å². The third-order valence-electron chi connectivity index (χ3n) is 3.31. The second-order valence-electron chi connectivity index (χ2n) is 4.74. The Labute approximate surface area is 147 Å². The van der Waals surface area contributed by atoms with Crippen molar-refractivity contribution in [3.63, 3.8) is 0 Å². The number of hydrazone groups is 1. The summed E-state index contributed by atoms with van der Waals surface area (Å²) < 4.78 is 1.96. The van der Waals surface area contributed by atoms with Crippen LogP contribution in [0.15, 0.2) is 57.1 Å². The highest BCUT2D eigenvalue weighted by atomic mass is 79.9. The first kappa shape index (κ1) is 14.6. The molecule has 1 aromatic carbocycles. The van der Waals surface area contributed by atoms with E-state index < -0.39 is 0 Å². The third kappa shape index (κ3) is 2.39. The Morgan fingerprint density at radius 3 is 2.83 bits per heavy atom. The second-order valence-corrected chi connectivity index (χ2v) is 7.58. The maximum Gasteiger partial charge on any atom is 0.284 e. The minimum atomic E-state index is -0.258. The van der Waals surface area contributed by atoms with Gasteiger partial charge in [0.25, 0.3) is 5.91 Å².